The molecule has 1 amide bonds. The summed E-state index contributed by atoms with van der Waals surface area (Å²) in [6.07, 6.45) is -1.73. The molecule has 0 radical (unpaired) electrons. The monoisotopic (exact) mass is 520 g/mol. The maximum Gasteiger partial charge on any atom is 0.296 e. The number of nitrogens with one attached hydrogen (secondary N) is 1. The van der Waals surface area contributed by atoms with Crippen molar-refractivity contribution in [1.82, 2.24) is 19.9 Å². The summed E-state index contributed by atoms with van der Waals surface area (Å²) < 4.78 is 17.2. The van der Waals surface area contributed by atoms with Gasteiger partial charge < -0.3 is 29.2 Å². The SMILES string of the molecule is CN(C)C(=O)c1ccc(-c2ccc(-c3nc4nc(O[C@@H]5CO[C@H]6[C@@H]5OC[C@H]6O)[nH]c4cc3Cl)cc2)cc1. The van der Waals surface area contributed by atoms with Crippen LogP contribution in [0, 0.1) is 0 Å². The number of amides is 1. The van der Waals surface area contributed by atoms with E-state index in [1.54, 1.807) is 25.1 Å². The summed E-state index contributed by atoms with van der Waals surface area (Å²) in [4.78, 5) is 25.9. The minimum atomic E-state index is -0.643. The van der Waals surface area contributed by atoms with Crippen LogP contribution in [0.1, 0.15) is 10.4 Å². The van der Waals surface area contributed by atoms with E-state index in [9.17, 15) is 9.90 Å². The van der Waals surface area contributed by atoms with Gasteiger partial charge in [0.1, 0.15) is 18.3 Å². The van der Waals surface area contributed by atoms with Gasteiger partial charge in [-0.1, -0.05) is 48.0 Å². The molecular formula is C27H25ClN4O5. The first-order chi connectivity index (χ1) is 17.9. The third-order valence-corrected chi connectivity index (χ3v) is 6.97. The van der Waals surface area contributed by atoms with E-state index in [1.165, 1.54) is 0 Å². The Kier molecular flexibility index (Phi) is 6.08. The zero-order valence-corrected chi connectivity index (χ0v) is 21.0. The minimum Gasteiger partial charge on any atom is -0.456 e. The van der Waals surface area contributed by atoms with Gasteiger partial charge in [0, 0.05) is 25.2 Å². The molecular weight excluding hydrogens is 496 g/mol. The topological polar surface area (TPSA) is 110 Å². The molecule has 0 saturated carbocycles. The van der Waals surface area contributed by atoms with Crippen molar-refractivity contribution >= 4 is 28.7 Å². The van der Waals surface area contributed by atoms with Crippen LogP contribution in [0.25, 0.3) is 33.5 Å². The third kappa shape index (κ3) is 4.44. The summed E-state index contributed by atoms with van der Waals surface area (Å²) in [6.45, 7) is 0.542. The lowest BCUT2D eigenvalue weighted by Crippen LogP contribution is -2.34. The molecule has 4 heterocycles. The summed E-state index contributed by atoms with van der Waals surface area (Å²) in [6, 6.07) is 17.5. The van der Waals surface area contributed by atoms with Crippen LogP contribution in [0.4, 0.5) is 0 Å². The fraction of sp³-hybridized carbons (Fsp3) is 0.296. The van der Waals surface area contributed by atoms with Crippen LogP contribution >= 0.6 is 11.6 Å². The number of pyridine rings is 1. The second kappa shape index (κ2) is 9.42. The first-order valence-corrected chi connectivity index (χ1v) is 12.3. The van der Waals surface area contributed by atoms with E-state index in [-0.39, 0.29) is 30.8 Å². The fourth-order valence-electron chi connectivity index (χ4n) is 4.73. The van der Waals surface area contributed by atoms with Gasteiger partial charge in [-0.3, -0.25) is 4.79 Å². The second-order valence-electron chi connectivity index (χ2n) is 9.41. The highest BCUT2D eigenvalue weighted by Crippen LogP contribution is 2.33. The maximum atomic E-state index is 12.1. The molecule has 2 aromatic carbocycles. The van der Waals surface area contributed by atoms with Gasteiger partial charge in [0.05, 0.1) is 29.4 Å². The third-order valence-electron chi connectivity index (χ3n) is 6.68. The Labute approximate surface area is 218 Å². The maximum absolute atomic E-state index is 12.1. The van der Waals surface area contributed by atoms with E-state index in [1.807, 2.05) is 48.5 Å². The van der Waals surface area contributed by atoms with Crippen molar-refractivity contribution in [2.24, 2.45) is 0 Å². The lowest BCUT2D eigenvalue weighted by atomic mass is 10.0. The van der Waals surface area contributed by atoms with Crippen LogP contribution in [-0.2, 0) is 9.47 Å². The van der Waals surface area contributed by atoms with Crippen molar-refractivity contribution in [2.45, 2.75) is 24.4 Å². The zero-order chi connectivity index (χ0) is 25.7. The molecule has 0 unspecified atom stereocenters. The number of aliphatic hydroxyl groups excluding tert-OH is 1. The predicted molar refractivity (Wildman–Crippen MR) is 138 cm³/mol. The van der Waals surface area contributed by atoms with Crippen molar-refractivity contribution in [3.63, 3.8) is 0 Å². The summed E-state index contributed by atoms with van der Waals surface area (Å²) in [7, 11) is 3.47. The van der Waals surface area contributed by atoms with Gasteiger partial charge in [0.15, 0.2) is 11.8 Å². The van der Waals surface area contributed by atoms with Crippen LogP contribution in [0.15, 0.2) is 54.6 Å². The van der Waals surface area contributed by atoms with E-state index in [4.69, 9.17) is 25.8 Å². The van der Waals surface area contributed by atoms with E-state index in [0.29, 0.717) is 40.1 Å². The molecule has 190 valence electrons. The van der Waals surface area contributed by atoms with Crippen LogP contribution in [0.2, 0.25) is 5.02 Å². The number of aromatic nitrogens is 3. The van der Waals surface area contributed by atoms with Crippen LogP contribution in [-0.4, -0.2) is 82.6 Å². The average molecular weight is 521 g/mol. The smallest absolute Gasteiger partial charge is 0.296 e. The minimum absolute atomic E-state index is 0.0311. The van der Waals surface area contributed by atoms with Crippen molar-refractivity contribution in [2.75, 3.05) is 27.3 Å². The summed E-state index contributed by atoms with van der Waals surface area (Å²) in [5.41, 5.74) is 5.24. The molecule has 0 spiro atoms. The summed E-state index contributed by atoms with van der Waals surface area (Å²) in [5.74, 6) is -0.0311. The number of imidazole rings is 1. The summed E-state index contributed by atoms with van der Waals surface area (Å²) in [5, 5.41) is 10.4. The molecule has 4 aromatic rings. The fourth-order valence-corrected chi connectivity index (χ4v) is 4.99. The molecule has 2 aromatic heterocycles. The van der Waals surface area contributed by atoms with Gasteiger partial charge in [0.2, 0.25) is 0 Å². The van der Waals surface area contributed by atoms with Crippen molar-refractivity contribution < 1.29 is 24.1 Å². The molecule has 6 rings (SSSR count). The second-order valence-corrected chi connectivity index (χ2v) is 9.81. The Bertz CT molecular complexity index is 1450. The number of hydrogen-bond acceptors (Lipinski definition) is 7. The number of carbonyl (C=O) groups is 1. The van der Waals surface area contributed by atoms with Crippen molar-refractivity contribution in [1.29, 1.82) is 0 Å². The molecule has 9 nitrogen and oxygen atoms in total. The molecule has 37 heavy (non-hydrogen) atoms. The number of carbonyl (C=O) groups excluding carboxylic acids is 1. The van der Waals surface area contributed by atoms with E-state index in [0.717, 1.165) is 16.7 Å². The molecule has 4 atom stereocenters. The van der Waals surface area contributed by atoms with E-state index in [2.05, 4.69) is 15.0 Å². The first-order valence-electron chi connectivity index (χ1n) is 11.9. The number of aliphatic hydroxyl groups is 1. The number of halogens is 1. The molecule has 10 heteroatoms. The standard InChI is InChI=1S/C27H25ClN4O5/c1-32(2)26(34)17-9-5-15(6-10-17)14-3-7-16(8-4-14)22-18(28)11-19-25(30-22)31-27(29-19)37-21-13-36-23-20(33)12-35-24(21)23/h3-11,20-21,23-24,33H,12-13H2,1-2H3,(H,29,30,31)/t20-,21-,23-,24-/m1/s1. The number of nitrogens with zero attached hydrogens (tertiary/aromatic N) is 3. The molecule has 2 saturated heterocycles. The van der Waals surface area contributed by atoms with E-state index >= 15 is 0 Å². The number of fused-ring (bicyclic) bond motifs is 2. The quantitative estimate of drug-likeness (QED) is 0.414. The zero-order valence-electron chi connectivity index (χ0n) is 20.2. The van der Waals surface area contributed by atoms with Crippen molar-refractivity contribution in [3.8, 4) is 28.4 Å². The van der Waals surface area contributed by atoms with Crippen molar-refractivity contribution in [3.05, 3.63) is 65.2 Å². The lowest BCUT2D eigenvalue weighted by Gasteiger charge is -2.15. The number of hydrogen-bond donors (Lipinski definition) is 2. The van der Waals surface area contributed by atoms with Crippen LogP contribution < -0.4 is 4.74 Å². The largest absolute Gasteiger partial charge is 0.456 e. The first kappa shape index (κ1) is 23.9. The highest BCUT2D eigenvalue weighted by Gasteiger charge is 2.48. The number of ether oxygens (including phenoxy) is 3. The average Bonchev–Trinajstić information content (AvgIpc) is 3.60. The predicted octanol–water partition coefficient (Wildman–Crippen LogP) is 3.55. The van der Waals surface area contributed by atoms with Gasteiger partial charge in [-0.05, 0) is 29.3 Å². The molecule has 2 fully saturated rings. The Morgan fingerprint density at radius 3 is 2.35 bits per heavy atom. The molecule has 2 N–H and O–H groups in total. The molecule has 2 aliphatic heterocycles. The van der Waals surface area contributed by atoms with Gasteiger partial charge >= 0.3 is 0 Å². The highest BCUT2D eigenvalue weighted by molar-refractivity contribution is 6.33. The Hall–Kier alpha value is -3.50. The highest BCUT2D eigenvalue weighted by atomic mass is 35.5. The van der Waals surface area contributed by atoms with Gasteiger partial charge in [0.25, 0.3) is 11.9 Å². The van der Waals surface area contributed by atoms with Gasteiger partial charge in [-0.15, -0.1) is 0 Å². The number of benzene rings is 2. The normalized spacial score (nSPS) is 22.8. The molecule has 0 aliphatic carbocycles. The molecule has 0 bridgehead atoms. The van der Waals surface area contributed by atoms with Crippen LogP contribution in [0.3, 0.4) is 0 Å². The van der Waals surface area contributed by atoms with Gasteiger partial charge in [-0.2, -0.15) is 4.98 Å². The van der Waals surface area contributed by atoms with E-state index < -0.39 is 6.10 Å². The Morgan fingerprint density at radius 2 is 1.65 bits per heavy atom. The Balaban J connectivity index is 1.21. The van der Waals surface area contributed by atoms with Gasteiger partial charge in [-0.25, -0.2) is 4.98 Å². The summed E-state index contributed by atoms with van der Waals surface area (Å²) >= 11 is 6.58. The number of aromatic amines is 1. The lowest BCUT2D eigenvalue weighted by molar-refractivity contribution is 0.00706. The number of rotatable bonds is 5. The number of H-pyrrole nitrogens is 1. The Morgan fingerprint density at radius 1 is 1.00 bits per heavy atom. The molecule has 2 aliphatic rings. The van der Waals surface area contributed by atoms with Crippen LogP contribution in [0.5, 0.6) is 6.01 Å².